The zero-order valence-corrected chi connectivity index (χ0v) is 10.4. The number of benzene rings is 2. The SMILES string of the molecule is NC(CNc1ccccc1-c1ccccc1)C(=O)O. The molecule has 0 bridgehead atoms. The first-order valence-corrected chi connectivity index (χ1v) is 6.05. The summed E-state index contributed by atoms with van der Waals surface area (Å²) >= 11 is 0. The summed E-state index contributed by atoms with van der Waals surface area (Å²) in [7, 11) is 0. The number of anilines is 1. The lowest BCUT2D eigenvalue weighted by Gasteiger charge is -2.14. The lowest BCUT2D eigenvalue weighted by atomic mass is 10.0. The van der Waals surface area contributed by atoms with Gasteiger partial charge >= 0.3 is 5.97 Å². The van der Waals surface area contributed by atoms with Crippen molar-refractivity contribution >= 4 is 11.7 Å². The molecule has 0 aliphatic carbocycles. The van der Waals surface area contributed by atoms with E-state index in [-0.39, 0.29) is 6.54 Å². The molecule has 0 aliphatic rings. The van der Waals surface area contributed by atoms with Gasteiger partial charge in [0.25, 0.3) is 0 Å². The molecule has 0 amide bonds. The van der Waals surface area contributed by atoms with Crippen molar-refractivity contribution in [3.05, 3.63) is 54.6 Å². The van der Waals surface area contributed by atoms with Crippen LogP contribution in [-0.4, -0.2) is 23.7 Å². The van der Waals surface area contributed by atoms with Crippen LogP contribution in [0.3, 0.4) is 0 Å². The molecule has 98 valence electrons. The Hall–Kier alpha value is -2.33. The number of nitrogens with one attached hydrogen (secondary N) is 1. The highest BCUT2D eigenvalue weighted by Crippen LogP contribution is 2.27. The normalized spacial score (nSPS) is 11.8. The van der Waals surface area contributed by atoms with E-state index in [0.717, 1.165) is 16.8 Å². The predicted molar refractivity (Wildman–Crippen MR) is 76.0 cm³/mol. The Bertz CT molecular complexity index is 555. The van der Waals surface area contributed by atoms with E-state index in [1.807, 2.05) is 54.6 Å². The molecule has 0 heterocycles. The molecule has 2 aromatic rings. The van der Waals surface area contributed by atoms with Crippen LogP contribution in [0.2, 0.25) is 0 Å². The molecule has 1 atom stereocenters. The quantitative estimate of drug-likeness (QED) is 0.766. The Morgan fingerprint density at radius 1 is 1.11 bits per heavy atom. The van der Waals surface area contributed by atoms with Crippen molar-refractivity contribution in [2.45, 2.75) is 6.04 Å². The first kappa shape index (κ1) is 13.1. The van der Waals surface area contributed by atoms with Gasteiger partial charge in [-0.1, -0.05) is 48.5 Å². The molecule has 4 nitrogen and oxygen atoms in total. The number of aliphatic carboxylic acids is 1. The number of hydrogen-bond acceptors (Lipinski definition) is 3. The van der Waals surface area contributed by atoms with Crippen LogP contribution < -0.4 is 11.1 Å². The molecule has 4 N–H and O–H groups in total. The van der Waals surface area contributed by atoms with Crippen LogP contribution in [0.4, 0.5) is 5.69 Å². The lowest BCUT2D eigenvalue weighted by molar-refractivity contribution is -0.138. The summed E-state index contributed by atoms with van der Waals surface area (Å²) in [5, 5.41) is 11.9. The van der Waals surface area contributed by atoms with Gasteiger partial charge in [-0.05, 0) is 11.6 Å². The van der Waals surface area contributed by atoms with Gasteiger partial charge in [0, 0.05) is 17.8 Å². The van der Waals surface area contributed by atoms with Gasteiger partial charge in [-0.2, -0.15) is 0 Å². The Kier molecular flexibility index (Phi) is 4.15. The molecule has 0 aromatic heterocycles. The smallest absolute Gasteiger partial charge is 0.322 e. The fourth-order valence-corrected chi connectivity index (χ4v) is 1.81. The van der Waals surface area contributed by atoms with Crippen LogP contribution in [0.1, 0.15) is 0 Å². The third-order valence-electron chi connectivity index (χ3n) is 2.84. The molecule has 2 rings (SSSR count). The molecule has 0 saturated heterocycles. The lowest BCUT2D eigenvalue weighted by Crippen LogP contribution is -2.37. The second kappa shape index (κ2) is 6.02. The van der Waals surface area contributed by atoms with Crippen molar-refractivity contribution in [1.29, 1.82) is 0 Å². The number of rotatable bonds is 5. The molecule has 0 radical (unpaired) electrons. The van der Waals surface area contributed by atoms with E-state index < -0.39 is 12.0 Å². The van der Waals surface area contributed by atoms with E-state index in [0.29, 0.717) is 0 Å². The molecule has 0 aliphatic heterocycles. The second-order valence-corrected chi connectivity index (χ2v) is 4.24. The monoisotopic (exact) mass is 256 g/mol. The van der Waals surface area contributed by atoms with E-state index in [4.69, 9.17) is 10.8 Å². The maximum Gasteiger partial charge on any atom is 0.322 e. The second-order valence-electron chi connectivity index (χ2n) is 4.24. The summed E-state index contributed by atoms with van der Waals surface area (Å²) in [6.45, 7) is 0.194. The average Bonchev–Trinajstić information content (AvgIpc) is 2.46. The topological polar surface area (TPSA) is 75.3 Å². The minimum absolute atomic E-state index is 0.194. The Balaban J connectivity index is 2.20. The van der Waals surface area contributed by atoms with Gasteiger partial charge in [-0.15, -0.1) is 0 Å². The number of carboxylic acid groups (broad SMARTS) is 1. The van der Waals surface area contributed by atoms with Crippen LogP contribution in [0.25, 0.3) is 11.1 Å². The fraction of sp³-hybridized carbons (Fsp3) is 0.133. The predicted octanol–water partition coefficient (Wildman–Crippen LogP) is 2.18. The molecule has 4 heteroatoms. The van der Waals surface area contributed by atoms with Crippen LogP contribution >= 0.6 is 0 Å². The standard InChI is InChI=1S/C15H16N2O2/c16-13(15(18)19)10-17-14-9-5-4-8-12(14)11-6-2-1-3-7-11/h1-9,13,17H,10,16H2,(H,18,19). The van der Waals surface area contributed by atoms with Crippen molar-refractivity contribution in [2.75, 3.05) is 11.9 Å². The van der Waals surface area contributed by atoms with Crippen LogP contribution in [0.15, 0.2) is 54.6 Å². The van der Waals surface area contributed by atoms with Gasteiger partial charge in [-0.3, -0.25) is 4.79 Å². The van der Waals surface area contributed by atoms with E-state index in [1.165, 1.54) is 0 Å². The number of carboxylic acids is 1. The summed E-state index contributed by atoms with van der Waals surface area (Å²) in [5.41, 5.74) is 8.48. The largest absolute Gasteiger partial charge is 0.480 e. The summed E-state index contributed by atoms with van der Waals surface area (Å²) in [6.07, 6.45) is 0. The molecular formula is C15H16N2O2. The first-order chi connectivity index (χ1) is 9.18. The van der Waals surface area contributed by atoms with Gasteiger partial charge < -0.3 is 16.2 Å². The number of hydrogen-bond donors (Lipinski definition) is 3. The van der Waals surface area contributed by atoms with Crippen molar-refractivity contribution in [1.82, 2.24) is 0 Å². The number of para-hydroxylation sites is 1. The summed E-state index contributed by atoms with van der Waals surface area (Å²) < 4.78 is 0. The third kappa shape index (κ3) is 3.33. The van der Waals surface area contributed by atoms with E-state index in [1.54, 1.807) is 0 Å². The van der Waals surface area contributed by atoms with Crippen LogP contribution in [0.5, 0.6) is 0 Å². The highest BCUT2D eigenvalue weighted by atomic mass is 16.4. The molecule has 2 aromatic carbocycles. The van der Waals surface area contributed by atoms with Crippen molar-refractivity contribution in [3.63, 3.8) is 0 Å². The highest BCUT2D eigenvalue weighted by molar-refractivity contribution is 5.79. The molecular weight excluding hydrogens is 240 g/mol. The Labute approximate surface area is 111 Å². The van der Waals surface area contributed by atoms with Crippen molar-refractivity contribution in [2.24, 2.45) is 5.73 Å². The van der Waals surface area contributed by atoms with Gasteiger partial charge in [0.15, 0.2) is 0 Å². The van der Waals surface area contributed by atoms with Gasteiger partial charge in [0.1, 0.15) is 6.04 Å². The van der Waals surface area contributed by atoms with E-state index in [9.17, 15) is 4.79 Å². The summed E-state index contributed by atoms with van der Waals surface area (Å²) in [4.78, 5) is 10.7. The van der Waals surface area contributed by atoms with E-state index >= 15 is 0 Å². The number of carbonyl (C=O) groups is 1. The summed E-state index contributed by atoms with van der Waals surface area (Å²) in [5.74, 6) is -1.01. The molecule has 19 heavy (non-hydrogen) atoms. The minimum atomic E-state index is -1.01. The number of nitrogens with two attached hydrogens (primary N) is 1. The zero-order valence-electron chi connectivity index (χ0n) is 10.4. The third-order valence-corrected chi connectivity index (χ3v) is 2.84. The van der Waals surface area contributed by atoms with Crippen molar-refractivity contribution < 1.29 is 9.90 Å². The zero-order chi connectivity index (χ0) is 13.7. The van der Waals surface area contributed by atoms with Crippen LogP contribution in [0, 0.1) is 0 Å². The maximum absolute atomic E-state index is 10.7. The molecule has 0 spiro atoms. The first-order valence-electron chi connectivity index (χ1n) is 6.05. The fourth-order valence-electron chi connectivity index (χ4n) is 1.81. The summed E-state index contributed by atoms with van der Waals surface area (Å²) in [6, 6.07) is 16.8. The Morgan fingerprint density at radius 3 is 2.42 bits per heavy atom. The van der Waals surface area contributed by atoms with Crippen LogP contribution in [-0.2, 0) is 4.79 Å². The van der Waals surface area contributed by atoms with Gasteiger partial charge in [0.05, 0.1) is 0 Å². The average molecular weight is 256 g/mol. The molecule has 1 unspecified atom stereocenters. The Morgan fingerprint density at radius 2 is 1.74 bits per heavy atom. The minimum Gasteiger partial charge on any atom is -0.480 e. The van der Waals surface area contributed by atoms with Gasteiger partial charge in [0.2, 0.25) is 0 Å². The van der Waals surface area contributed by atoms with Gasteiger partial charge in [-0.25, -0.2) is 0 Å². The molecule has 0 saturated carbocycles. The molecule has 0 fully saturated rings. The van der Waals surface area contributed by atoms with E-state index in [2.05, 4.69) is 5.32 Å². The van der Waals surface area contributed by atoms with Crippen molar-refractivity contribution in [3.8, 4) is 11.1 Å². The maximum atomic E-state index is 10.7. The highest BCUT2D eigenvalue weighted by Gasteiger charge is 2.11.